The Hall–Kier alpha value is -2.96. The van der Waals surface area contributed by atoms with Crippen molar-refractivity contribution in [3.8, 4) is 0 Å². The molecular formula is C24H31N3O7S2. The highest BCUT2D eigenvalue weighted by atomic mass is 32.2. The van der Waals surface area contributed by atoms with Gasteiger partial charge < -0.3 is 19.7 Å². The average molecular weight is 538 g/mol. The summed E-state index contributed by atoms with van der Waals surface area (Å²) in [5.41, 5.74) is 1.26. The molecule has 2 heterocycles. The highest BCUT2D eigenvalue weighted by Gasteiger charge is 2.31. The molecule has 0 saturated carbocycles. The second-order valence-corrected chi connectivity index (χ2v) is 11.4. The van der Waals surface area contributed by atoms with Crippen LogP contribution in [0.3, 0.4) is 0 Å². The van der Waals surface area contributed by atoms with Crippen molar-refractivity contribution >= 4 is 44.3 Å². The van der Waals surface area contributed by atoms with Gasteiger partial charge in [-0.15, -0.1) is 11.3 Å². The maximum atomic E-state index is 13.0. The zero-order chi connectivity index (χ0) is 26.5. The number of fused-ring (bicyclic) bond motifs is 1. The first-order chi connectivity index (χ1) is 17.1. The van der Waals surface area contributed by atoms with Gasteiger partial charge in [-0.25, -0.2) is 22.3 Å². The normalized spacial score (nSPS) is 13.3. The van der Waals surface area contributed by atoms with E-state index >= 15 is 0 Å². The molecule has 2 aromatic rings. The van der Waals surface area contributed by atoms with Crippen molar-refractivity contribution < 1.29 is 32.3 Å². The first-order valence-corrected chi connectivity index (χ1v) is 13.9. The van der Waals surface area contributed by atoms with E-state index in [1.165, 1.54) is 59.0 Å². The molecule has 1 aliphatic heterocycles. The monoisotopic (exact) mass is 537 g/mol. The molecule has 12 heteroatoms. The molecule has 3 rings (SSSR count). The summed E-state index contributed by atoms with van der Waals surface area (Å²) >= 11 is 1.20. The minimum atomic E-state index is -3.65. The summed E-state index contributed by atoms with van der Waals surface area (Å²) < 4.78 is 36.8. The molecule has 1 aromatic heterocycles. The summed E-state index contributed by atoms with van der Waals surface area (Å²) in [4.78, 5) is 40.1. The van der Waals surface area contributed by atoms with Gasteiger partial charge in [0.2, 0.25) is 10.0 Å². The van der Waals surface area contributed by atoms with Crippen LogP contribution >= 0.6 is 11.3 Å². The van der Waals surface area contributed by atoms with Gasteiger partial charge in [0.1, 0.15) is 5.00 Å². The summed E-state index contributed by atoms with van der Waals surface area (Å²) in [6, 6.07) is 5.66. The van der Waals surface area contributed by atoms with Gasteiger partial charge in [-0.2, -0.15) is 0 Å². The van der Waals surface area contributed by atoms with Gasteiger partial charge in [-0.05, 0) is 49.6 Å². The fourth-order valence-electron chi connectivity index (χ4n) is 3.83. The fourth-order valence-corrected chi connectivity index (χ4v) is 6.29. The predicted octanol–water partition coefficient (Wildman–Crippen LogP) is 3.72. The number of nitrogens with one attached hydrogen (secondary N) is 1. The lowest BCUT2D eigenvalue weighted by Gasteiger charge is -2.25. The second kappa shape index (κ2) is 11.8. The number of carbonyl (C=O) groups is 3. The summed E-state index contributed by atoms with van der Waals surface area (Å²) in [5.74, 6) is -1.04. The molecule has 0 atom stereocenters. The van der Waals surface area contributed by atoms with Crippen LogP contribution in [0, 0.1) is 0 Å². The van der Waals surface area contributed by atoms with E-state index in [9.17, 15) is 22.8 Å². The number of rotatable bonds is 9. The van der Waals surface area contributed by atoms with Crippen molar-refractivity contribution in [1.82, 2.24) is 9.21 Å². The number of amides is 2. The minimum Gasteiger partial charge on any atom is -0.462 e. The van der Waals surface area contributed by atoms with Crippen LogP contribution in [0.1, 0.15) is 57.8 Å². The molecule has 1 aromatic carbocycles. The van der Waals surface area contributed by atoms with E-state index in [2.05, 4.69) is 5.32 Å². The van der Waals surface area contributed by atoms with E-state index in [0.29, 0.717) is 24.5 Å². The quantitative estimate of drug-likeness (QED) is 0.484. The van der Waals surface area contributed by atoms with Gasteiger partial charge in [0.25, 0.3) is 5.91 Å². The van der Waals surface area contributed by atoms with Crippen LogP contribution in [0.2, 0.25) is 0 Å². The smallest absolute Gasteiger partial charge is 0.409 e. The van der Waals surface area contributed by atoms with Gasteiger partial charge in [-0.1, -0.05) is 13.3 Å². The Labute approximate surface area is 215 Å². The third-order valence-electron chi connectivity index (χ3n) is 5.85. The predicted molar refractivity (Wildman–Crippen MR) is 136 cm³/mol. The van der Waals surface area contributed by atoms with Gasteiger partial charge in [0.05, 0.1) is 30.7 Å². The zero-order valence-corrected chi connectivity index (χ0v) is 22.5. The molecule has 0 radical (unpaired) electrons. The Kier molecular flexibility index (Phi) is 9.09. The van der Waals surface area contributed by atoms with Gasteiger partial charge in [-0.3, -0.25) is 4.79 Å². The maximum Gasteiger partial charge on any atom is 0.409 e. The van der Waals surface area contributed by atoms with Crippen LogP contribution in [0.25, 0.3) is 0 Å². The number of hydrogen-bond acceptors (Lipinski definition) is 8. The summed E-state index contributed by atoms with van der Waals surface area (Å²) in [7, 11) is -0.816. The van der Waals surface area contributed by atoms with Crippen molar-refractivity contribution in [3.05, 3.63) is 45.8 Å². The zero-order valence-electron chi connectivity index (χ0n) is 20.8. The number of nitrogens with zero attached hydrogens (tertiary/aromatic N) is 2. The van der Waals surface area contributed by atoms with Crippen molar-refractivity contribution in [1.29, 1.82) is 0 Å². The molecule has 196 valence electrons. The van der Waals surface area contributed by atoms with Crippen molar-refractivity contribution in [2.24, 2.45) is 0 Å². The van der Waals surface area contributed by atoms with Crippen molar-refractivity contribution in [2.75, 3.05) is 39.2 Å². The van der Waals surface area contributed by atoms with Crippen molar-refractivity contribution in [3.63, 3.8) is 0 Å². The highest BCUT2D eigenvalue weighted by Crippen LogP contribution is 2.38. The van der Waals surface area contributed by atoms with Crippen LogP contribution in [0.15, 0.2) is 29.2 Å². The van der Waals surface area contributed by atoms with Crippen LogP contribution in [-0.4, -0.2) is 69.4 Å². The van der Waals surface area contributed by atoms with E-state index in [0.717, 1.165) is 23.3 Å². The number of unbranched alkanes of at least 4 members (excludes halogenated alkanes) is 1. The minimum absolute atomic E-state index is 0.0966. The number of carbonyl (C=O) groups excluding carboxylic acids is 3. The van der Waals surface area contributed by atoms with Crippen LogP contribution < -0.4 is 5.32 Å². The Morgan fingerprint density at radius 1 is 1.17 bits per heavy atom. The Balaban J connectivity index is 1.84. The fraction of sp³-hybridized carbons (Fsp3) is 0.458. The van der Waals surface area contributed by atoms with Crippen LogP contribution in [0.4, 0.5) is 9.80 Å². The van der Waals surface area contributed by atoms with E-state index in [1.54, 1.807) is 6.92 Å². The third-order valence-corrected chi connectivity index (χ3v) is 8.85. The largest absolute Gasteiger partial charge is 0.462 e. The number of anilines is 1. The lowest BCUT2D eigenvalue weighted by Crippen LogP contribution is -2.35. The molecule has 0 bridgehead atoms. The number of sulfonamides is 1. The average Bonchev–Trinajstić information content (AvgIpc) is 3.23. The van der Waals surface area contributed by atoms with E-state index < -0.39 is 28.0 Å². The number of thiophene rings is 1. The lowest BCUT2D eigenvalue weighted by molar-refractivity contribution is 0.0526. The molecule has 0 aliphatic carbocycles. The Morgan fingerprint density at radius 3 is 2.47 bits per heavy atom. The number of benzene rings is 1. The standard InChI is InChI=1S/C24H31N3O7S2/c1-5-7-13-26(3)36(31,32)17-10-8-16(9-11-17)21(28)25-22-20(23(29)34-6-2)18-12-14-27(24(30)33-4)15-19(18)35-22/h8-11H,5-7,12-15H2,1-4H3,(H,25,28). The first-order valence-electron chi connectivity index (χ1n) is 11.7. The molecule has 0 spiro atoms. The summed E-state index contributed by atoms with van der Waals surface area (Å²) in [6.45, 7) is 4.90. The Bertz CT molecular complexity index is 1220. The summed E-state index contributed by atoms with van der Waals surface area (Å²) in [5, 5.41) is 3.10. The topological polar surface area (TPSA) is 122 Å². The van der Waals surface area contributed by atoms with E-state index in [1.807, 2.05) is 6.92 Å². The molecule has 1 N–H and O–H groups in total. The number of methoxy groups -OCH3 is 1. The lowest BCUT2D eigenvalue weighted by atomic mass is 10.0. The molecule has 10 nitrogen and oxygen atoms in total. The molecule has 0 saturated heterocycles. The molecule has 0 unspecified atom stereocenters. The van der Waals surface area contributed by atoms with Crippen molar-refractivity contribution in [2.45, 2.75) is 44.6 Å². The van der Waals surface area contributed by atoms with Gasteiger partial charge in [0, 0.05) is 30.6 Å². The third kappa shape index (κ3) is 5.88. The summed E-state index contributed by atoms with van der Waals surface area (Å²) in [6.07, 6.45) is 1.58. The number of esters is 1. The second-order valence-electron chi connectivity index (χ2n) is 8.23. The molecule has 36 heavy (non-hydrogen) atoms. The highest BCUT2D eigenvalue weighted by molar-refractivity contribution is 7.89. The Morgan fingerprint density at radius 2 is 1.86 bits per heavy atom. The number of hydrogen-bond donors (Lipinski definition) is 1. The van der Waals surface area contributed by atoms with Gasteiger partial charge in [0.15, 0.2) is 0 Å². The van der Waals surface area contributed by atoms with Gasteiger partial charge >= 0.3 is 12.1 Å². The molecular weight excluding hydrogens is 506 g/mol. The van der Waals surface area contributed by atoms with E-state index in [-0.39, 0.29) is 29.2 Å². The van der Waals surface area contributed by atoms with E-state index in [4.69, 9.17) is 9.47 Å². The molecule has 2 amide bonds. The van der Waals surface area contributed by atoms with Crippen LogP contribution in [-0.2, 0) is 32.5 Å². The SMILES string of the molecule is CCCCN(C)S(=O)(=O)c1ccc(C(=O)Nc2sc3c(c2C(=O)OCC)CCN(C(=O)OC)C3)cc1. The molecule has 1 aliphatic rings. The first kappa shape index (κ1) is 27.6. The van der Waals surface area contributed by atoms with Crippen LogP contribution in [0.5, 0.6) is 0 Å². The number of ether oxygens (including phenoxy) is 2. The maximum absolute atomic E-state index is 13.0. The molecule has 0 fully saturated rings.